The summed E-state index contributed by atoms with van der Waals surface area (Å²) in [5.41, 5.74) is 4.75. The molecule has 1 heterocycles. The highest BCUT2D eigenvalue weighted by Gasteiger charge is 2.75. The van der Waals surface area contributed by atoms with Crippen LogP contribution in [-0.2, 0) is 9.59 Å². The van der Waals surface area contributed by atoms with E-state index in [-0.39, 0.29) is 28.6 Å². The van der Waals surface area contributed by atoms with E-state index in [0.29, 0.717) is 5.69 Å². The number of hydrogen-bond acceptors (Lipinski definition) is 3. The summed E-state index contributed by atoms with van der Waals surface area (Å²) in [6.45, 7) is 10.5. The Labute approximate surface area is 159 Å². The van der Waals surface area contributed by atoms with Gasteiger partial charge in [-0.25, -0.2) is 10.2 Å². The molecule has 2 fully saturated rings. The molecule has 3 aliphatic rings. The lowest BCUT2D eigenvalue weighted by Crippen LogP contribution is -2.50. The summed E-state index contributed by atoms with van der Waals surface area (Å²) >= 11 is 0. The smallest absolute Gasteiger partial charge is 0.307 e. The maximum Gasteiger partial charge on any atom is 0.338 e. The number of rotatable bonds is 2. The number of amides is 4. The largest absolute Gasteiger partial charge is 0.338 e. The molecule has 6 heteroatoms. The molecule has 1 aliphatic heterocycles. The Hall–Kier alpha value is -2.63. The summed E-state index contributed by atoms with van der Waals surface area (Å²) in [6, 6.07) is 8.31. The first-order chi connectivity index (χ1) is 12.6. The molecule has 2 N–H and O–H groups in total. The standard InChI is InChI=1S/C21H25N3O3/c1-11-12(2)21(5)13(3)20(11,4)15-16(21)18(26)24(17(15)25)23-19(27)22-14-9-7-6-8-10-14/h6-10,13,15-16H,1-5H3,(H2,22,23,27)/t13?,15-,16+,20-,21-/m1/s1. The highest BCUT2D eigenvalue weighted by molar-refractivity contribution is 6.09. The van der Waals surface area contributed by atoms with Gasteiger partial charge in [0.15, 0.2) is 0 Å². The maximum absolute atomic E-state index is 13.2. The fourth-order valence-corrected chi connectivity index (χ4v) is 5.86. The van der Waals surface area contributed by atoms with Gasteiger partial charge in [0, 0.05) is 16.5 Å². The highest BCUT2D eigenvalue weighted by atomic mass is 16.2. The van der Waals surface area contributed by atoms with Gasteiger partial charge in [-0.15, -0.1) is 0 Å². The van der Waals surface area contributed by atoms with Gasteiger partial charge in [0.2, 0.25) is 0 Å². The quantitative estimate of drug-likeness (QED) is 0.622. The molecule has 27 heavy (non-hydrogen) atoms. The van der Waals surface area contributed by atoms with E-state index in [4.69, 9.17) is 0 Å². The molecule has 4 amide bonds. The molecule has 6 nitrogen and oxygen atoms in total. The third-order valence-electron chi connectivity index (χ3n) is 7.82. The second-order valence-corrected chi connectivity index (χ2v) is 8.44. The van der Waals surface area contributed by atoms with Gasteiger partial charge in [-0.3, -0.25) is 9.59 Å². The average molecular weight is 367 g/mol. The van der Waals surface area contributed by atoms with Crippen molar-refractivity contribution in [2.75, 3.05) is 5.32 Å². The molecule has 142 valence electrons. The van der Waals surface area contributed by atoms with Gasteiger partial charge in [-0.05, 0) is 31.9 Å². The van der Waals surface area contributed by atoms with Gasteiger partial charge >= 0.3 is 6.03 Å². The lowest BCUT2D eigenvalue weighted by atomic mass is 9.66. The van der Waals surface area contributed by atoms with Crippen molar-refractivity contribution in [3.05, 3.63) is 41.5 Å². The average Bonchev–Trinajstić information content (AvgIpc) is 3.05. The first-order valence-corrected chi connectivity index (χ1v) is 9.34. The van der Waals surface area contributed by atoms with Crippen molar-refractivity contribution < 1.29 is 14.4 Å². The third-order valence-corrected chi connectivity index (χ3v) is 7.82. The van der Waals surface area contributed by atoms with Crippen molar-refractivity contribution >= 4 is 23.5 Å². The van der Waals surface area contributed by atoms with Gasteiger partial charge < -0.3 is 5.32 Å². The minimum atomic E-state index is -0.597. The van der Waals surface area contributed by atoms with Crippen molar-refractivity contribution in [2.45, 2.75) is 34.6 Å². The predicted octanol–water partition coefficient (Wildman–Crippen LogP) is 3.34. The molecule has 1 saturated heterocycles. The number of anilines is 1. The number of urea groups is 1. The Kier molecular flexibility index (Phi) is 3.58. The van der Waals surface area contributed by atoms with Crippen LogP contribution in [0.15, 0.2) is 41.5 Å². The van der Waals surface area contributed by atoms with E-state index in [1.54, 1.807) is 24.3 Å². The van der Waals surface area contributed by atoms with Crippen LogP contribution in [0.25, 0.3) is 0 Å². The SMILES string of the molecule is CC1=C(C)[C@]2(C)C(C)[C@]1(C)[C@@H]1C(=O)N(NC(=O)Nc3ccccc3)C(=O)[C@@H]12. The topological polar surface area (TPSA) is 78.5 Å². The number of imide groups is 1. The summed E-state index contributed by atoms with van der Waals surface area (Å²) in [5.74, 6) is -1.26. The maximum atomic E-state index is 13.2. The van der Waals surface area contributed by atoms with Crippen LogP contribution in [0.2, 0.25) is 0 Å². The number of fused-ring (bicyclic) bond motifs is 5. The number of nitrogens with zero attached hydrogens (tertiary/aromatic N) is 1. The van der Waals surface area contributed by atoms with Crippen molar-refractivity contribution in [1.29, 1.82) is 0 Å². The minimum Gasteiger partial charge on any atom is -0.307 e. The van der Waals surface area contributed by atoms with E-state index in [0.717, 1.165) is 5.01 Å². The van der Waals surface area contributed by atoms with Gasteiger partial charge in [-0.1, -0.05) is 50.1 Å². The predicted molar refractivity (Wildman–Crippen MR) is 101 cm³/mol. The van der Waals surface area contributed by atoms with E-state index in [9.17, 15) is 14.4 Å². The third kappa shape index (κ3) is 1.98. The van der Waals surface area contributed by atoms with Crippen LogP contribution < -0.4 is 10.7 Å². The molecule has 0 aromatic heterocycles. The zero-order valence-corrected chi connectivity index (χ0v) is 16.3. The van der Waals surface area contributed by atoms with E-state index in [1.165, 1.54) is 11.1 Å². The van der Waals surface area contributed by atoms with Gasteiger partial charge in [0.1, 0.15) is 0 Å². The summed E-state index contributed by atoms with van der Waals surface area (Å²) in [5, 5.41) is 3.58. The number of carbonyl (C=O) groups is 3. The molecule has 0 radical (unpaired) electrons. The van der Waals surface area contributed by atoms with Crippen LogP contribution in [0.3, 0.4) is 0 Å². The second kappa shape index (κ2) is 5.44. The molecular weight excluding hydrogens is 342 g/mol. The van der Waals surface area contributed by atoms with E-state index < -0.39 is 17.9 Å². The van der Waals surface area contributed by atoms with Crippen molar-refractivity contribution in [3.8, 4) is 0 Å². The summed E-state index contributed by atoms with van der Waals surface area (Å²) in [6.07, 6.45) is 0. The lowest BCUT2D eigenvalue weighted by Gasteiger charge is -2.34. The summed E-state index contributed by atoms with van der Waals surface area (Å²) < 4.78 is 0. The van der Waals surface area contributed by atoms with E-state index in [1.807, 2.05) is 6.07 Å². The second-order valence-electron chi connectivity index (χ2n) is 8.44. The van der Waals surface area contributed by atoms with Gasteiger partial charge in [-0.2, -0.15) is 5.01 Å². The molecule has 1 aromatic carbocycles. The molecule has 1 aromatic rings. The van der Waals surface area contributed by atoms with Crippen molar-refractivity contribution in [3.63, 3.8) is 0 Å². The molecule has 4 rings (SSSR count). The van der Waals surface area contributed by atoms with Gasteiger partial charge in [0.25, 0.3) is 11.8 Å². The van der Waals surface area contributed by atoms with Crippen LogP contribution >= 0.6 is 0 Å². The number of para-hydroxylation sites is 1. The molecule has 2 bridgehead atoms. The van der Waals surface area contributed by atoms with Gasteiger partial charge in [0.05, 0.1) is 11.8 Å². The van der Waals surface area contributed by atoms with Crippen molar-refractivity contribution in [2.24, 2.45) is 28.6 Å². The number of carbonyl (C=O) groups excluding carboxylic acids is 3. The number of hydrogen-bond donors (Lipinski definition) is 2. The number of allylic oxidation sites excluding steroid dienone is 2. The molecule has 1 unspecified atom stereocenters. The van der Waals surface area contributed by atoms with Crippen molar-refractivity contribution in [1.82, 2.24) is 10.4 Å². The highest BCUT2D eigenvalue weighted by Crippen LogP contribution is 2.73. The fourth-order valence-electron chi connectivity index (χ4n) is 5.86. The normalized spacial score (nSPS) is 37.1. The van der Waals surface area contributed by atoms with Crippen LogP contribution in [0, 0.1) is 28.6 Å². The van der Waals surface area contributed by atoms with E-state index in [2.05, 4.69) is 45.4 Å². The molecule has 1 saturated carbocycles. The monoisotopic (exact) mass is 367 g/mol. The molecule has 2 aliphatic carbocycles. The van der Waals surface area contributed by atoms with E-state index >= 15 is 0 Å². The van der Waals surface area contributed by atoms with Crippen LogP contribution in [0.5, 0.6) is 0 Å². The van der Waals surface area contributed by atoms with Crippen LogP contribution in [0.1, 0.15) is 34.6 Å². The first-order valence-electron chi connectivity index (χ1n) is 9.34. The fraction of sp³-hybridized carbons (Fsp3) is 0.476. The number of benzene rings is 1. The Morgan fingerprint density at radius 1 is 0.963 bits per heavy atom. The number of hydrazine groups is 1. The minimum absolute atomic E-state index is 0.202. The Bertz CT molecular complexity index is 849. The summed E-state index contributed by atoms with van der Waals surface area (Å²) in [7, 11) is 0. The first kappa shape index (κ1) is 17.8. The Morgan fingerprint density at radius 3 is 1.93 bits per heavy atom. The van der Waals surface area contributed by atoms with Crippen LogP contribution in [0.4, 0.5) is 10.5 Å². The summed E-state index contributed by atoms with van der Waals surface area (Å²) in [4.78, 5) is 38.7. The zero-order valence-electron chi connectivity index (χ0n) is 16.3. The van der Waals surface area contributed by atoms with Crippen LogP contribution in [-0.4, -0.2) is 22.9 Å². The zero-order chi connectivity index (χ0) is 19.7. The molecule has 5 atom stereocenters. The Balaban J connectivity index is 1.61. The lowest BCUT2D eigenvalue weighted by molar-refractivity contribution is -0.144. The molecule has 0 spiro atoms. The number of nitrogens with one attached hydrogen (secondary N) is 2. The molecular formula is C21H25N3O3. The Morgan fingerprint density at radius 2 is 1.44 bits per heavy atom.